The molecule has 2 heterocycles. The quantitative estimate of drug-likeness (QED) is 0.704. The molecular weight excluding hydrogens is 312 g/mol. The number of nitrogens with one attached hydrogen (secondary N) is 2. The van der Waals surface area contributed by atoms with Crippen molar-refractivity contribution in [1.29, 1.82) is 0 Å². The summed E-state index contributed by atoms with van der Waals surface area (Å²) in [6.45, 7) is 2.30. The number of hydrogen-bond donors (Lipinski definition) is 2. The second-order valence-electron chi connectivity index (χ2n) is 6.47. The van der Waals surface area contributed by atoms with Gasteiger partial charge in [-0.05, 0) is 36.1 Å². The number of benzene rings is 2. The molecule has 0 radical (unpaired) electrons. The number of H-pyrrole nitrogens is 1. The number of imidazole rings is 1. The monoisotopic (exact) mass is 334 g/mol. The zero-order valence-electron chi connectivity index (χ0n) is 14.2. The molecule has 0 aliphatic carbocycles. The van der Waals surface area contributed by atoms with Crippen LogP contribution in [0.5, 0.6) is 0 Å². The van der Waals surface area contributed by atoms with E-state index in [2.05, 4.69) is 33.5 Å². The first kappa shape index (κ1) is 15.7. The van der Waals surface area contributed by atoms with Gasteiger partial charge in [0.25, 0.3) is 0 Å². The van der Waals surface area contributed by atoms with Gasteiger partial charge in [0.05, 0.1) is 11.0 Å². The Morgan fingerprint density at radius 3 is 2.80 bits per heavy atom. The van der Waals surface area contributed by atoms with Crippen LogP contribution in [0.3, 0.4) is 0 Å². The zero-order valence-corrected chi connectivity index (χ0v) is 14.2. The van der Waals surface area contributed by atoms with Crippen molar-refractivity contribution in [3.63, 3.8) is 0 Å². The van der Waals surface area contributed by atoms with E-state index >= 15 is 0 Å². The first-order valence-electron chi connectivity index (χ1n) is 8.83. The molecule has 1 amide bonds. The normalized spacial score (nSPS) is 13.7. The van der Waals surface area contributed by atoms with Crippen LogP contribution in [0.15, 0.2) is 48.5 Å². The molecule has 0 saturated heterocycles. The summed E-state index contributed by atoms with van der Waals surface area (Å²) >= 11 is 0. The number of rotatable bonds is 5. The van der Waals surface area contributed by atoms with Crippen molar-refractivity contribution in [2.24, 2.45) is 0 Å². The highest BCUT2D eigenvalue weighted by molar-refractivity contribution is 5.77. The number of aromatic amines is 1. The molecule has 0 saturated carbocycles. The number of carbonyl (C=O) groups excluding carboxylic acids is 1. The van der Waals surface area contributed by atoms with E-state index in [0.717, 1.165) is 49.5 Å². The van der Waals surface area contributed by atoms with Crippen molar-refractivity contribution < 1.29 is 4.79 Å². The molecule has 1 aliphatic rings. The van der Waals surface area contributed by atoms with Crippen molar-refractivity contribution >= 4 is 22.9 Å². The van der Waals surface area contributed by atoms with Gasteiger partial charge >= 0.3 is 0 Å². The van der Waals surface area contributed by atoms with Gasteiger partial charge in [-0.25, -0.2) is 4.98 Å². The smallest absolute Gasteiger partial charge is 0.222 e. The van der Waals surface area contributed by atoms with Gasteiger partial charge in [0.15, 0.2) is 0 Å². The molecule has 0 spiro atoms. The highest BCUT2D eigenvalue weighted by Gasteiger charge is 2.19. The number of anilines is 1. The van der Waals surface area contributed by atoms with Crippen LogP contribution in [-0.2, 0) is 17.8 Å². The third-order valence-electron chi connectivity index (χ3n) is 4.73. The van der Waals surface area contributed by atoms with E-state index < -0.39 is 0 Å². The second kappa shape index (κ2) is 6.97. The van der Waals surface area contributed by atoms with E-state index in [1.165, 1.54) is 11.1 Å². The fourth-order valence-corrected chi connectivity index (χ4v) is 3.35. The van der Waals surface area contributed by atoms with Crippen molar-refractivity contribution in [2.45, 2.75) is 25.8 Å². The second-order valence-corrected chi connectivity index (χ2v) is 6.47. The third kappa shape index (κ3) is 3.50. The minimum absolute atomic E-state index is 0.237. The molecule has 1 aromatic heterocycles. The van der Waals surface area contributed by atoms with Gasteiger partial charge in [-0.15, -0.1) is 0 Å². The summed E-state index contributed by atoms with van der Waals surface area (Å²) in [5.74, 6) is 1.00. The largest absolute Gasteiger partial charge is 0.356 e. The number of hydrogen-bond acceptors (Lipinski definition) is 3. The lowest BCUT2D eigenvalue weighted by Gasteiger charge is -2.29. The van der Waals surface area contributed by atoms with Crippen LogP contribution >= 0.6 is 0 Å². The molecular formula is C20H22N4O. The topological polar surface area (TPSA) is 61.0 Å². The van der Waals surface area contributed by atoms with E-state index in [4.69, 9.17) is 0 Å². The molecule has 0 bridgehead atoms. The predicted molar refractivity (Wildman–Crippen MR) is 99.4 cm³/mol. The molecule has 2 N–H and O–H groups in total. The Kier molecular flexibility index (Phi) is 4.37. The summed E-state index contributed by atoms with van der Waals surface area (Å²) in [6, 6.07) is 16.3. The van der Waals surface area contributed by atoms with Crippen molar-refractivity contribution in [2.75, 3.05) is 18.4 Å². The van der Waals surface area contributed by atoms with Gasteiger partial charge < -0.3 is 15.2 Å². The van der Waals surface area contributed by atoms with E-state index in [-0.39, 0.29) is 5.91 Å². The standard InChI is InChI=1S/C20H22N4O/c25-19(24-13-11-15-6-1-2-7-16(15)14-24)10-5-12-21-20-22-17-8-3-4-9-18(17)23-20/h1-4,6-9H,5,10-14H2,(H2,21,22,23). The minimum atomic E-state index is 0.237. The van der Waals surface area contributed by atoms with Gasteiger partial charge in [-0.2, -0.15) is 0 Å². The highest BCUT2D eigenvalue weighted by Crippen LogP contribution is 2.19. The Morgan fingerprint density at radius 2 is 1.92 bits per heavy atom. The molecule has 4 rings (SSSR count). The molecule has 0 unspecified atom stereocenters. The van der Waals surface area contributed by atoms with Crippen LogP contribution in [0.1, 0.15) is 24.0 Å². The van der Waals surface area contributed by atoms with Gasteiger partial charge in [-0.1, -0.05) is 36.4 Å². The van der Waals surface area contributed by atoms with E-state index in [0.29, 0.717) is 6.42 Å². The molecule has 0 fully saturated rings. The van der Waals surface area contributed by atoms with Crippen LogP contribution in [0.2, 0.25) is 0 Å². The lowest BCUT2D eigenvalue weighted by Crippen LogP contribution is -2.36. The summed E-state index contributed by atoms with van der Waals surface area (Å²) in [6.07, 6.45) is 2.32. The SMILES string of the molecule is O=C(CCCNc1nc2ccccc2[nH]1)N1CCc2ccccc2C1. The molecule has 25 heavy (non-hydrogen) atoms. The van der Waals surface area contributed by atoms with Gasteiger partial charge in [-0.3, -0.25) is 4.79 Å². The van der Waals surface area contributed by atoms with Gasteiger partial charge in [0.1, 0.15) is 0 Å². The lowest BCUT2D eigenvalue weighted by atomic mass is 9.99. The Bertz CT molecular complexity index is 853. The van der Waals surface area contributed by atoms with Crippen molar-refractivity contribution in [3.05, 3.63) is 59.7 Å². The van der Waals surface area contributed by atoms with E-state index in [1.807, 2.05) is 35.2 Å². The van der Waals surface area contributed by atoms with E-state index in [9.17, 15) is 4.79 Å². The predicted octanol–water partition coefficient (Wildman–Crippen LogP) is 3.34. The van der Waals surface area contributed by atoms with Gasteiger partial charge in [0, 0.05) is 26.1 Å². The summed E-state index contributed by atoms with van der Waals surface area (Å²) in [5.41, 5.74) is 4.63. The molecule has 2 aromatic carbocycles. The lowest BCUT2D eigenvalue weighted by molar-refractivity contribution is -0.132. The maximum absolute atomic E-state index is 12.4. The summed E-state index contributed by atoms with van der Waals surface area (Å²) in [7, 11) is 0. The van der Waals surface area contributed by atoms with Crippen LogP contribution in [-0.4, -0.2) is 33.9 Å². The van der Waals surface area contributed by atoms with E-state index in [1.54, 1.807) is 0 Å². The molecule has 1 aliphatic heterocycles. The highest BCUT2D eigenvalue weighted by atomic mass is 16.2. The average molecular weight is 334 g/mol. The number of nitrogens with zero attached hydrogens (tertiary/aromatic N) is 2. The third-order valence-corrected chi connectivity index (χ3v) is 4.73. The average Bonchev–Trinajstić information content (AvgIpc) is 3.07. The number of aromatic nitrogens is 2. The van der Waals surface area contributed by atoms with Crippen LogP contribution in [0.4, 0.5) is 5.95 Å². The number of amides is 1. The Hall–Kier alpha value is -2.82. The fraction of sp³-hybridized carbons (Fsp3) is 0.300. The molecule has 3 aromatic rings. The summed E-state index contributed by atoms with van der Waals surface area (Å²) in [4.78, 5) is 22.1. The fourth-order valence-electron chi connectivity index (χ4n) is 3.35. The molecule has 5 heteroatoms. The minimum Gasteiger partial charge on any atom is -0.356 e. The Morgan fingerprint density at radius 1 is 1.12 bits per heavy atom. The summed E-state index contributed by atoms with van der Waals surface area (Å²) < 4.78 is 0. The Labute approximate surface area is 147 Å². The molecule has 5 nitrogen and oxygen atoms in total. The first-order chi connectivity index (χ1) is 12.3. The Balaban J connectivity index is 1.25. The number of para-hydroxylation sites is 2. The van der Waals surface area contributed by atoms with Crippen LogP contribution in [0.25, 0.3) is 11.0 Å². The van der Waals surface area contributed by atoms with Crippen molar-refractivity contribution in [3.8, 4) is 0 Å². The summed E-state index contributed by atoms with van der Waals surface area (Å²) in [5, 5.41) is 3.27. The first-order valence-corrected chi connectivity index (χ1v) is 8.83. The van der Waals surface area contributed by atoms with Crippen LogP contribution in [0, 0.1) is 0 Å². The van der Waals surface area contributed by atoms with Crippen LogP contribution < -0.4 is 5.32 Å². The molecule has 0 atom stereocenters. The molecule has 128 valence electrons. The van der Waals surface area contributed by atoms with Crippen molar-refractivity contribution in [1.82, 2.24) is 14.9 Å². The number of fused-ring (bicyclic) bond motifs is 2. The zero-order chi connectivity index (χ0) is 17.1. The number of carbonyl (C=O) groups is 1. The van der Waals surface area contributed by atoms with Gasteiger partial charge in [0.2, 0.25) is 11.9 Å². The maximum atomic E-state index is 12.4. The maximum Gasteiger partial charge on any atom is 0.222 e.